The van der Waals surface area contributed by atoms with Crippen LogP contribution in [0.1, 0.15) is 50.5 Å². The Morgan fingerprint density at radius 3 is 2.13 bits per heavy atom. The van der Waals surface area contributed by atoms with E-state index in [1.54, 1.807) is 25.1 Å². The maximum atomic E-state index is 12.8. The number of rotatable bonds is 5. The summed E-state index contributed by atoms with van der Waals surface area (Å²) in [5.41, 5.74) is -0.0802. The number of ether oxygens (including phenoxy) is 1. The molecule has 1 aliphatic rings. The van der Waals surface area contributed by atoms with Gasteiger partial charge in [0, 0.05) is 16.8 Å². The number of carbonyl (C=O) groups excluding carboxylic acids is 1. The second kappa shape index (κ2) is 8.20. The third kappa shape index (κ3) is 4.88. The predicted molar refractivity (Wildman–Crippen MR) is 113 cm³/mol. The maximum absolute atomic E-state index is 12.8. The number of esters is 1. The monoisotopic (exact) mass is 435 g/mol. The smallest absolute Gasteiger partial charge is 0.462 e. The Morgan fingerprint density at radius 2 is 1.61 bits per heavy atom. The van der Waals surface area contributed by atoms with Crippen LogP contribution >= 0.6 is 0 Å². The average molecular weight is 435 g/mol. The van der Waals surface area contributed by atoms with Crippen LogP contribution in [0.5, 0.6) is 0 Å². The number of benzene rings is 2. The van der Waals surface area contributed by atoms with Crippen molar-refractivity contribution in [3.63, 3.8) is 0 Å². The highest BCUT2D eigenvalue weighted by Gasteiger charge is 2.52. The van der Waals surface area contributed by atoms with Gasteiger partial charge in [-0.25, -0.2) is 4.79 Å². The molecule has 1 aliphatic heterocycles. The van der Waals surface area contributed by atoms with Gasteiger partial charge in [0.25, 0.3) is 0 Å². The van der Waals surface area contributed by atoms with E-state index in [0.29, 0.717) is 22.4 Å². The zero-order valence-corrected chi connectivity index (χ0v) is 18.1. The number of nitrogens with one attached hydrogen (secondary N) is 1. The van der Waals surface area contributed by atoms with Crippen molar-refractivity contribution in [3.8, 4) is 0 Å². The van der Waals surface area contributed by atoms with Gasteiger partial charge in [0.05, 0.1) is 28.9 Å². The molecule has 0 bridgehead atoms. The number of halogens is 3. The number of alkyl halides is 3. The summed E-state index contributed by atoms with van der Waals surface area (Å²) in [6.07, 6.45) is -4.41. The first-order chi connectivity index (χ1) is 14.3. The van der Waals surface area contributed by atoms with Gasteiger partial charge in [-0.3, -0.25) is 0 Å². The van der Waals surface area contributed by atoms with Gasteiger partial charge in [-0.1, -0.05) is 0 Å². The van der Waals surface area contributed by atoms with Gasteiger partial charge >= 0.3 is 19.3 Å². The van der Waals surface area contributed by atoms with Gasteiger partial charge in [0.1, 0.15) is 0 Å². The molecule has 1 N–H and O–H groups in total. The molecule has 1 saturated heterocycles. The summed E-state index contributed by atoms with van der Waals surface area (Å²) in [5, 5.41) is 3.10. The Kier molecular flexibility index (Phi) is 6.13. The fourth-order valence-electron chi connectivity index (χ4n) is 3.08. The third-order valence-electron chi connectivity index (χ3n) is 5.56. The van der Waals surface area contributed by atoms with Gasteiger partial charge in [-0.15, -0.1) is 0 Å². The van der Waals surface area contributed by atoms with Gasteiger partial charge in [0.2, 0.25) is 0 Å². The van der Waals surface area contributed by atoms with E-state index in [4.69, 9.17) is 14.0 Å². The minimum absolute atomic E-state index is 0.232. The first-order valence-corrected chi connectivity index (χ1v) is 9.95. The Bertz CT molecular complexity index is 942. The van der Waals surface area contributed by atoms with E-state index in [-0.39, 0.29) is 6.61 Å². The van der Waals surface area contributed by atoms with Crippen molar-refractivity contribution in [2.24, 2.45) is 0 Å². The highest BCUT2D eigenvalue weighted by atomic mass is 19.4. The lowest BCUT2D eigenvalue weighted by Gasteiger charge is -2.32. The largest absolute Gasteiger partial charge is 0.497 e. The molecule has 5 nitrogen and oxygen atoms in total. The SMILES string of the molecule is CCOC(=O)c1ccc(Nc2ccc(C(F)(F)F)cc2)c(B2OC(C)(C)C(C)(C)O2)c1. The van der Waals surface area contributed by atoms with Gasteiger partial charge < -0.3 is 19.4 Å². The van der Waals surface area contributed by atoms with Crippen LogP contribution < -0.4 is 10.8 Å². The lowest BCUT2D eigenvalue weighted by Crippen LogP contribution is -2.41. The molecule has 166 valence electrons. The molecule has 0 radical (unpaired) electrons. The number of carbonyl (C=O) groups is 1. The second-order valence-corrected chi connectivity index (χ2v) is 8.31. The van der Waals surface area contributed by atoms with E-state index >= 15 is 0 Å². The summed E-state index contributed by atoms with van der Waals surface area (Å²) in [6, 6.07) is 9.55. The van der Waals surface area contributed by atoms with Crippen LogP contribution in [0.15, 0.2) is 42.5 Å². The zero-order valence-electron chi connectivity index (χ0n) is 18.1. The summed E-state index contributed by atoms with van der Waals surface area (Å²) in [6.45, 7) is 9.58. The lowest BCUT2D eigenvalue weighted by molar-refractivity contribution is -0.137. The van der Waals surface area contributed by atoms with E-state index < -0.39 is 36.0 Å². The molecule has 9 heteroatoms. The summed E-state index contributed by atoms with van der Waals surface area (Å²) >= 11 is 0. The summed E-state index contributed by atoms with van der Waals surface area (Å²) < 4.78 is 55.9. The normalized spacial score (nSPS) is 17.5. The number of hydrogen-bond acceptors (Lipinski definition) is 5. The van der Waals surface area contributed by atoms with Gasteiger partial charge in [-0.2, -0.15) is 13.2 Å². The number of hydrogen-bond donors (Lipinski definition) is 1. The highest BCUT2D eigenvalue weighted by molar-refractivity contribution is 6.64. The van der Waals surface area contributed by atoms with Crippen molar-refractivity contribution in [2.75, 3.05) is 11.9 Å². The lowest BCUT2D eigenvalue weighted by atomic mass is 9.77. The molecule has 1 fully saturated rings. The molecule has 0 atom stereocenters. The van der Waals surface area contributed by atoms with Crippen molar-refractivity contribution in [3.05, 3.63) is 53.6 Å². The molecule has 0 amide bonds. The highest BCUT2D eigenvalue weighted by Crippen LogP contribution is 2.37. The molecular formula is C22H25BF3NO4. The first-order valence-electron chi connectivity index (χ1n) is 9.95. The minimum Gasteiger partial charge on any atom is -0.462 e. The van der Waals surface area contributed by atoms with Crippen LogP contribution in [0.4, 0.5) is 24.5 Å². The standard InChI is InChI=1S/C22H25BF3NO4/c1-6-29-19(28)14-7-12-18(27-16-10-8-15(9-11-16)22(24,25)26)17(13-14)23-30-20(2,3)21(4,5)31-23/h7-13,27H,6H2,1-5H3. The molecule has 0 aliphatic carbocycles. The maximum Gasteiger partial charge on any atom is 0.497 e. The van der Waals surface area contributed by atoms with Crippen LogP contribution in [0.25, 0.3) is 0 Å². The Balaban J connectivity index is 1.97. The van der Waals surface area contributed by atoms with Crippen LogP contribution in [-0.2, 0) is 20.2 Å². The third-order valence-corrected chi connectivity index (χ3v) is 5.56. The molecule has 31 heavy (non-hydrogen) atoms. The predicted octanol–water partition coefficient (Wildman–Crippen LogP) is 4.92. The van der Waals surface area contributed by atoms with Crippen molar-refractivity contribution < 1.29 is 32.0 Å². The Labute approximate surface area is 180 Å². The van der Waals surface area contributed by atoms with Crippen LogP contribution in [0, 0.1) is 0 Å². The molecule has 1 heterocycles. The van der Waals surface area contributed by atoms with Gasteiger partial charge in [0.15, 0.2) is 0 Å². The molecule has 0 saturated carbocycles. The van der Waals surface area contributed by atoms with Crippen LogP contribution in [0.2, 0.25) is 0 Å². The molecule has 3 rings (SSSR count). The average Bonchev–Trinajstić information content (AvgIpc) is 2.89. The second-order valence-electron chi connectivity index (χ2n) is 8.31. The fraction of sp³-hybridized carbons (Fsp3) is 0.409. The molecule has 0 aromatic heterocycles. The fourth-order valence-corrected chi connectivity index (χ4v) is 3.08. The molecule has 2 aromatic carbocycles. The number of anilines is 2. The van der Waals surface area contributed by atoms with E-state index in [0.717, 1.165) is 12.1 Å². The topological polar surface area (TPSA) is 56.8 Å². The summed E-state index contributed by atoms with van der Waals surface area (Å²) in [5.74, 6) is -0.485. The quantitative estimate of drug-likeness (QED) is 0.534. The van der Waals surface area contributed by atoms with E-state index in [1.807, 2.05) is 27.7 Å². The molecule has 0 unspecified atom stereocenters. The van der Waals surface area contributed by atoms with Crippen LogP contribution in [-0.4, -0.2) is 30.9 Å². The van der Waals surface area contributed by atoms with E-state index in [2.05, 4.69) is 5.32 Å². The van der Waals surface area contributed by atoms with Crippen molar-refractivity contribution in [1.29, 1.82) is 0 Å². The van der Waals surface area contributed by atoms with E-state index in [1.165, 1.54) is 12.1 Å². The van der Waals surface area contributed by atoms with Crippen LogP contribution in [0.3, 0.4) is 0 Å². The first kappa shape index (κ1) is 23.2. The van der Waals surface area contributed by atoms with E-state index in [9.17, 15) is 18.0 Å². The van der Waals surface area contributed by atoms with Crippen molar-refractivity contribution in [2.45, 2.75) is 52.0 Å². The summed E-state index contributed by atoms with van der Waals surface area (Å²) in [4.78, 5) is 12.2. The zero-order chi connectivity index (χ0) is 23.0. The van der Waals surface area contributed by atoms with Crippen molar-refractivity contribution >= 4 is 29.9 Å². The molecule has 0 spiro atoms. The Morgan fingerprint density at radius 1 is 1.03 bits per heavy atom. The summed E-state index contributed by atoms with van der Waals surface area (Å²) in [7, 11) is -0.781. The van der Waals surface area contributed by atoms with Gasteiger partial charge in [-0.05, 0) is 77.1 Å². The molecule has 2 aromatic rings. The minimum atomic E-state index is -4.41. The van der Waals surface area contributed by atoms with Crippen molar-refractivity contribution in [1.82, 2.24) is 0 Å². The molecular weight excluding hydrogens is 410 g/mol. The Hall–Kier alpha value is -2.52.